The lowest BCUT2D eigenvalue weighted by Crippen LogP contribution is -2.40. The van der Waals surface area contributed by atoms with Crippen LogP contribution in [0.25, 0.3) is 0 Å². The minimum Gasteiger partial charge on any atom is -0.484 e. The van der Waals surface area contributed by atoms with E-state index in [0.29, 0.717) is 0 Å². The number of amides is 1. The molecule has 1 amide bonds. The van der Waals surface area contributed by atoms with Crippen molar-refractivity contribution >= 4 is 5.91 Å². The molecule has 22 heavy (non-hydrogen) atoms. The van der Waals surface area contributed by atoms with E-state index in [1.165, 1.54) is 19.5 Å². The van der Waals surface area contributed by atoms with E-state index < -0.39 is 0 Å². The summed E-state index contributed by atoms with van der Waals surface area (Å²) < 4.78 is 5.42. The second-order valence-electron chi connectivity index (χ2n) is 6.51. The molecule has 0 aliphatic carbocycles. The zero-order valence-corrected chi connectivity index (χ0v) is 13.8. The first-order chi connectivity index (χ1) is 10.6. The normalized spacial score (nSPS) is 22.3. The van der Waals surface area contributed by atoms with Crippen LogP contribution in [-0.4, -0.2) is 43.6 Å². The van der Waals surface area contributed by atoms with Crippen LogP contribution >= 0.6 is 0 Å². The third kappa shape index (κ3) is 6.06. The second-order valence-corrected chi connectivity index (χ2v) is 6.51. The van der Waals surface area contributed by atoms with Gasteiger partial charge in [-0.05, 0) is 43.4 Å². The maximum Gasteiger partial charge on any atom is 0.257 e. The van der Waals surface area contributed by atoms with Crippen LogP contribution in [0.5, 0.6) is 5.75 Å². The van der Waals surface area contributed by atoms with Gasteiger partial charge in [0.1, 0.15) is 5.75 Å². The highest BCUT2D eigenvalue weighted by Crippen LogP contribution is 2.20. The summed E-state index contributed by atoms with van der Waals surface area (Å²) in [6.45, 7) is 8.90. The van der Waals surface area contributed by atoms with Crippen LogP contribution in [0, 0.1) is 11.8 Å². The average Bonchev–Trinajstić information content (AvgIpc) is 2.50. The molecule has 1 aromatic carbocycles. The number of rotatable bonds is 7. The number of carbonyl (C=O) groups excluding carboxylic acids is 1. The Morgan fingerprint density at radius 2 is 1.91 bits per heavy atom. The van der Waals surface area contributed by atoms with Crippen molar-refractivity contribution in [1.29, 1.82) is 0 Å². The van der Waals surface area contributed by atoms with Gasteiger partial charge in [0.2, 0.25) is 0 Å². The fourth-order valence-corrected chi connectivity index (χ4v) is 3.22. The summed E-state index contributed by atoms with van der Waals surface area (Å²) in [4.78, 5) is 14.2. The van der Waals surface area contributed by atoms with Crippen LogP contribution in [0.4, 0.5) is 0 Å². The van der Waals surface area contributed by atoms with Crippen molar-refractivity contribution in [1.82, 2.24) is 10.2 Å². The molecule has 1 saturated heterocycles. The molecule has 122 valence electrons. The minimum absolute atomic E-state index is 0.0516. The lowest BCUT2D eigenvalue weighted by Gasteiger charge is -2.34. The number of benzene rings is 1. The number of nitrogens with zero attached hydrogens (tertiary/aromatic N) is 1. The molecule has 4 nitrogen and oxygen atoms in total. The molecule has 2 atom stereocenters. The van der Waals surface area contributed by atoms with Gasteiger partial charge in [-0.2, -0.15) is 0 Å². The second kappa shape index (κ2) is 8.79. The van der Waals surface area contributed by atoms with Gasteiger partial charge in [-0.1, -0.05) is 32.0 Å². The van der Waals surface area contributed by atoms with E-state index >= 15 is 0 Å². The summed E-state index contributed by atoms with van der Waals surface area (Å²) in [6, 6.07) is 9.43. The van der Waals surface area contributed by atoms with Gasteiger partial charge in [0, 0.05) is 19.6 Å². The molecule has 1 fully saturated rings. The van der Waals surface area contributed by atoms with Gasteiger partial charge in [0.25, 0.3) is 5.91 Å². The number of para-hydroxylation sites is 1. The number of nitrogens with one attached hydrogen (secondary N) is 1. The predicted octanol–water partition coefficient (Wildman–Crippen LogP) is 2.55. The Morgan fingerprint density at radius 1 is 1.23 bits per heavy atom. The van der Waals surface area contributed by atoms with Crippen LogP contribution in [0.3, 0.4) is 0 Å². The smallest absolute Gasteiger partial charge is 0.257 e. The standard InChI is InChI=1S/C18H28N2O2/c1-15-11-16(2)13-20(12-15)10-6-9-19-18(21)14-22-17-7-4-3-5-8-17/h3-5,7-8,15-16H,6,9-14H2,1-2H3,(H,19,21). The van der Waals surface area contributed by atoms with Gasteiger partial charge in [-0.15, -0.1) is 0 Å². The van der Waals surface area contributed by atoms with E-state index in [1.54, 1.807) is 0 Å². The summed E-state index contributed by atoms with van der Waals surface area (Å²) in [5.41, 5.74) is 0. The monoisotopic (exact) mass is 304 g/mol. The Kier molecular flexibility index (Phi) is 6.72. The first kappa shape index (κ1) is 16.8. The molecule has 1 aliphatic rings. The SMILES string of the molecule is CC1CC(C)CN(CCCNC(=O)COc2ccccc2)C1. The van der Waals surface area contributed by atoms with Gasteiger partial charge < -0.3 is 15.0 Å². The highest BCUT2D eigenvalue weighted by molar-refractivity contribution is 5.77. The van der Waals surface area contributed by atoms with Crippen molar-refractivity contribution in [3.8, 4) is 5.75 Å². The summed E-state index contributed by atoms with van der Waals surface area (Å²) in [5, 5.41) is 2.92. The van der Waals surface area contributed by atoms with Gasteiger partial charge in [0.15, 0.2) is 6.61 Å². The molecule has 2 rings (SSSR count). The molecule has 0 bridgehead atoms. The number of piperidine rings is 1. The van der Waals surface area contributed by atoms with E-state index in [4.69, 9.17) is 4.74 Å². The molecule has 1 N–H and O–H groups in total. The maximum absolute atomic E-state index is 11.7. The largest absolute Gasteiger partial charge is 0.484 e. The maximum atomic E-state index is 11.7. The Labute approximate surface area is 133 Å². The molecule has 0 spiro atoms. The summed E-state index contributed by atoms with van der Waals surface area (Å²) in [5.74, 6) is 2.26. The molecular weight excluding hydrogens is 276 g/mol. The van der Waals surface area contributed by atoms with E-state index in [-0.39, 0.29) is 12.5 Å². The van der Waals surface area contributed by atoms with Gasteiger partial charge in [-0.3, -0.25) is 4.79 Å². The Morgan fingerprint density at radius 3 is 2.59 bits per heavy atom. The molecule has 2 unspecified atom stereocenters. The first-order valence-corrected chi connectivity index (χ1v) is 8.30. The van der Waals surface area contributed by atoms with Crippen molar-refractivity contribution in [2.24, 2.45) is 11.8 Å². The van der Waals surface area contributed by atoms with Gasteiger partial charge in [0.05, 0.1) is 0 Å². The highest BCUT2D eigenvalue weighted by atomic mass is 16.5. The fourth-order valence-electron chi connectivity index (χ4n) is 3.22. The lowest BCUT2D eigenvalue weighted by molar-refractivity contribution is -0.123. The van der Waals surface area contributed by atoms with Crippen molar-refractivity contribution in [2.75, 3.05) is 32.8 Å². The Hall–Kier alpha value is -1.55. The Bertz CT molecular complexity index is 440. The zero-order chi connectivity index (χ0) is 15.8. The number of carbonyl (C=O) groups is 1. The van der Waals surface area contributed by atoms with Gasteiger partial charge in [-0.25, -0.2) is 0 Å². The zero-order valence-electron chi connectivity index (χ0n) is 13.8. The van der Waals surface area contributed by atoms with E-state index in [2.05, 4.69) is 24.1 Å². The van der Waals surface area contributed by atoms with E-state index in [0.717, 1.165) is 37.1 Å². The third-order valence-electron chi connectivity index (χ3n) is 4.03. The van der Waals surface area contributed by atoms with E-state index in [1.807, 2.05) is 30.3 Å². The van der Waals surface area contributed by atoms with E-state index in [9.17, 15) is 4.79 Å². The van der Waals surface area contributed by atoms with Gasteiger partial charge >= 0.3 is 0 Å². The number of ether oxygens (including phenoxy) is 1. The third-order valence-corrected chi connectivity index (χ3v) is 4.03. The van der Waals surface area contributed by atoms with Crippen LogP contribution in [0.15, 0.2) is 30.3 Å². The van der Waals surface area contributed by atoms with Crippen LogP contribution < -0.4 is 10.1 Å². The molecule has 1 aromatic rings. The molecule has 0 aromatic heterocycles. The summed E-state index contributed by atoms with van der Waals surface area (Å²) >= 11 is 0. The molecular formula is C18H28N2O2. The van der Waals surface area contributed by atoms with Crippen LogP contribution in [0.2, 0.25) is 0 Å². The topological polar surface area (TPSA) is 41.6 Å². The summed E-state index contributed by atoms with van der Waals surface area (Å²) in [6.07, 6.45) is 2.33. The Balaban J connectivity index is 1.55. The van der Waals surface area contributed by atoms with Crippen LogP contribution in [-0.2, 0) is 4.79 Å². The summed E-state index contributed by atoms with van der Waals surface area (Å²) in [7, 11) is 0. The quantitative estimate of drug-likeness (QED) is 0.787. The number of hydrogen-bond donors (Lipinski definition) is 1. The van der Waals surface area contributed by atoms with Crippen molar-refractivity contribution in [2.45, 2.75) is 26.7 Å². The predicted molar refractivity (Wildman–Crippen MR) is 88.9 cm³/mol. The molecule has 4 heteroatoms. The first-order valence-electron chi connectivity index (χ1n) is 8.30. The molecule has 0 radical (unpaired) electrons. The van der Waals surface area contributed by atoms with Crippen LogP contribution in [0.1, 0.15) is 26.7 Å². The molecule has 0 saturated carbocycles. The van der Waals surface area contributed by atoms with Crippen molar-refractivity contribution in [3.05, 3.63) is 30.3 Å². The fraction of sp³-hybridized carbons (Fsp3) is 0.611. The van der Waals surface area contributed by atoms with Crippen molar-refractivity contribution < 1.29 is 9.53 Å². The average molecular weight is 304 g/mol. The highest BCUT2D eigenvalue weighted by Gasteiger charge is 2.20. The lowest BCUT2D eigenvalue weighted by atomic mass is 9.92. The number of hydrogen-bond acceptors (Lipinski definition) is 3. The minimum atomic E-state index is -0.0516. The molecule has 1 heterocycles. The molecule has 1 aliphatic heterocycles. The number of likely N-dealkylation sites (tertiary alicyclic amines) is 1. The van der Waals surface area contributed by atoms with Crippen molar-refractivity contribution in [3.63, 3.8) is 0 Å².